The van der Waals surface area contributed by atoms with Crippen molar-refractivity contribution in [3.05, 3.63) is 77.4 Å². The second-order valence-electron chi connectivity index (χ2n) is 8.62. The van der Waals surface area contributed by atoms with Crippen LogP contribution in [-0.2, 0) is 4.79 Å². The molecule has 0 radical (unpaired) electrons. The Bertz CT molecular complexity index is 1140. The van der Waals surface area contributed by atoms with Gasteiger partial charge in [-0.1, -0.05) is 36.8 Å². The Kier molecular flexibility index (Phi) is 5.53. The number of imidazole rings is 1. The van der Waals surface area contributed by atoms with Crippen LogP contribution in [-0.4, -0.2) is 46.5 Å². The quantitative estimate of drug-likeness (QED) is 0.523. The number of hydrogen-bond donors (Lipinski definition) is 3. The number of H-pyrrole nitrogens is 1. The van der Waals surface area contributed by atoms with Crippen molar-refractivity contribution in [2.45, 2.75) is 32.7 Å². The number of amides is 1. The molecule has 5 rings (SSSR count). The van der Waals surface area contributed by atoms with Crippen LogP contribution < -0.4 is 10.6 Å². The minimum absolute atomic E-state index is 0.0969. The minimum atomic E-state index is -0.0969. The predicted molar refractivity (Wildman–Crippen MR) is 130 cm³/mol. The van der Waals surface area contributed by atoms with E-state index < -0.39 is 0 Å². The van der Waals surface area contributed by atoms with Gasteiger partial charge < -0.3 is 20.5 Å². The molecule has 1 saturated heterocycles. The summed E-state index contributed by atoms with van der Waals surface area (Å²) in [6, 6.07) is 14.8. The zero-order valence-corrected chi connectivity index (χ0v) is 18.6. The maximum atomic E-state index is 13.1. The summed E-state index contributed by atoms with van der Waals surface area (Å²) < 4.78 is 0. The van der Waals surface area contributed by atoms with Crippen LogP contribution >= 0.6 is 0 Å². The summed E-state index contributed by atoms with van der Waals surface area (Å²) in [7, 11) is 0. The molecule has 3 N–H and O–H groups in total. The molecule has 1 amide bonds. The molecule has 3 heterocycles. The Morgan fingerprint density at radius 2 is 1.94 bits per heavy atom. The lowest BCUT2D eigenvalue weighted by Crippen LogP contribution is -2.38. The number of aromatic nitrogens is 2. The number of fused-ring (bicyclic) bond motifs is 1. The number of likely N-dealkylation sites (tertiary alicyclic amines) is 1. The van der Waals surface area contributed by atoms with Crippen LogP contribution in [0.25, 0.3) is 11.1 Å². The van der Waals surface area contributed by atoms with Gasteiger partial charge in [0.05, 0.1) is 5.57 Å². The monoisotopic (exact) mass is 427 g/mol. The smallest absolute Gasteiger partial charge is 0.257 e. The Balaban J connectivity index is 1.54. The number of aryl methyl sites for hydroxylation is 1. The zero-order chi connectivity index (χ0) is 22.1. The Morgan fingerprint density at radius 3 is 2.62 bits per heavy atom. The van der Waals surface area contributed by atoms with Crippen molar-refractivity contribution in [1.29, 1.82) is 0 Å². The van der Waals surface area contributed by atoms with E-state index in [0.717, 1.165) is 60.6 Å². The molecule has 0 unspecified atom stereocenters. The van der Waals surface area contributed by atoms with Crippen molar-refractivity contribution < 1.29 is 4.79 Å². The number of nitrogens with one attached hydrogen (secondary N) is 3. The van der Waals surface area contributed by atoms with E-state index >= 15 is 0 Å². The lowest BCUT2D eigenvalue weighted by Gasteiger charge is -2.32. The summed E-state index contributed by atoms with van der Waals surface area (Å²) in [6.45, 7) is 7.64. The molecule has 0 aliphatic carbocycles. The number of carbonyl (C=O) groups excluding carboxylic acids is 1. The van der Waals surface area contributed by atoms with Gasteiger partial charge in [-0.3, -0.25) is 4.79 Å². The van der Waals surface area contributed by atoms with Crippen molar-refractivity contribution in [2.24, 2.45) is 0 Å². The summed E-state index contributed by atoms with van der Waals surface area (Å²) in [4.78, 5) is 23.3. The highest BCUT2D eigenvalue weighted by atomic mass is 16.2. The van der Waals surface area contributed by atoms with E-state index in [4.69, 9.17) is 0 Å². The molecule has 6 nitrogen and oxygen atoms in total. The van der Waals surface area contributed by atoms with Gasteiger partial charge in [0.2, 0.25) is 0 Å². The molecule has 0 saturated carbocycles. The van der Waals surface area contributed by atoms with Gasteiger partial charge >= 0.3 is 0 Å². The first-order chi connectivity index (χ1) is 15.6. The predicted octanol–water partition coefficient (Wildman–Crippen LogP) is 4.53. The highest BCUT2D eigenvalue weighted by Gasteiger charge is 2.30. The fraction of sp³-hybridized carbons (Fsp3) is 0.308. The third-order valence-corrected chi connectivity index (χ3v) is 6.50. The SMILES string of the molecule is CCN1CCC(Nc2ccc3c(c2)/C(=C(\c2ccc(C)cc2)c2ncc[nH]2)C(=O)N3)CC1. The van der Waals surface area contributed by atoms with E-state index in [1.54, 1.807) is 12.4 Å². The summed E-state index contributed by atoms with van der Waals surface area (Å²) in [6.07, 6.45) is 5.77. The van der Waals surface area contributed by atoms with Gasteiger partial charge in [-0.2, -0.15) is 0 Å². The number of anilines is 2. The van der Waals surface area contributed by atoms with E-state index in [9.17, 15) is 4.79 Å². The molecule has 2 aliphatic heterocycles. The van der Waals surface area contributed by atoms with E-state index in [1.807, 2.05) is 6.07 Å². The summed E-state index contributed by atoms with van der Waals surface area (Å²) >= 11 is 0. The van der Waals surface area contributed by atoms with Crippen molar-refractivity contribution in [1.82, 2.24) is 14.9 Å². The zero-order valence-electron chi connectivity index (χ0n) is 18.6. The fourth-order valence-electron chi connectivity index (χ4n) is 4.66. The Hall–Kier alpha value is -3.38. The standard InChI is InChI=1S/C26H29N5O/c1-3-31-14-10-19(11-15-31)29-20-8-9-22-21(16-20)24(26(32)30-22)23(25-27-12-13-28-25)18-6-4-17(2)5-7-18/h4-9,12-13,16,19,29H,3,10-11,14-15H2,1-2H3,(H,27,28)(H,30,32)/b24-23-. The topological polar surface area (TPSA) is 73.0 Å². The molecular formula is C26H29N5O. The van der Waals surface area contributed by atoms with Gasteiger partial charge in [-0.25, -0.2) is 4.98 Å². The van der Waals surface area contributed by atoms with Crippen molar-refractivity contribution in [2.75, 3.05) is 30.3 Å². The van der Waals surface area contributed by atoms with E-state index in [-0.39, 0.29) is 5.91 Å². The van der Waals surface area contributed by atoms with Gasteiger partial charge in [0.1, 0.15) is 5.82 Å². The number of benzene rings is 2. The normalized spacial score (nSPS) is 18.4. The maximum Gasteiger partial charge on any atom is 0.257 e. The van der Waals surface area contributed by atoms with Crippen LogP contribution in [0.4, 0.5) is 11.4 Å². The van der Waals surface area contributed by atoms with E-state index in [1.165, 1.54) is 5.56 Å². The molecule has 1 aromatic heterocycles. The molecule has 1 fully saturated rings. The van der Waals surface area contributed by atoms with Gasteiger partial charge in [0, 0.05) is 54.0 Å². The molecule has 0 bridgehead atoms. The molecule has 164 valence electrons. The lowest BCUT2D eigenvalue weighted by molar-refractivity contribution is -0.110. The average molecular weight is 428 g/mol. The van der Waals surface area contributed by atoms with Gasteiger partial charge in [-0.05, 0) is 50.1 Å². The van der Waals surface area contributed by atoms with Crippen LogP contribution in [0.15, 0.2) is 54.9 Å². The van der Waals surface area contributed by atoms with Crippen LogP contribution in [0.2, 0.25) is 0 Å². The molecule has 6 heteroatoms. The lowest BCUT2D eigenvalue weighted by atomic mass is 9.94. The fourth-order valence-corrected chi connectivity index (χ4v) is 4.66. The molecule has 2 aliphatic rings. The highest BCUT2D eigenvalue weighted by Crippen LogP contribution is 2.40. The third-order valence-electron chi connectivity index (χ3n) is 6.50. The van der Waals surface area contributed by atoms with Crippen molar-refractivity contribution >= 4 is 28.4 Å². The number of carbonyl (C=O) groups is 1. The summed E-state index contributed by atoms with van der Waals surface area (Å²) in [5.74, 6) is 0.595. The van der Waals surface area contributed by atoms with Crippen LogP contribution in [0.3, 0.4) is 0 Å². The first-order valence-corrected chi connectivity index (χ1v) is 11.4. The van der Waals surface area contributed by atoms with Crippen molar-refractivity contribution in [3.63, 3.8) is 0 Å². The number of nitrogens with zero attached hydrogens (tertiary/aromatic N) is 2. The Morgan fingerprint density at radius 1 is 1.16 bits per heavy atom. The summed E-state index contributed by atoms with van der Waals surface area (Å²) in [5, 5.41) is 6.74. The van der Waals surface area contributed by atoms with Gasteiger partial charge in [0.15, 0.2) is 0 Å². The Labute approximate surface area is 188 Å². The first kappa shape index (κ1) is 20.5. The maximum absolute atomic E-state index is 13.1. The van der Waals surface area contributed by atoms with Gasteiger partial charge in [-0.15, -0.1) is 0 Å². The number of hydrogen-bond acceptors (Lipinski definition) is 4. The second kappa shape index (κ2) is 8.63. The van der Waals surface area contributed by atoms with Crippen LogP contribution in [0.1, 0.15) is 42.3 Å². The minimum Gasteiger partial charge on any atom is -0.382 e. The molecule has 0 spiro atoms. The molecular weight excluding hydrogens is 398 g/mol. The van der Waals surface area contributed by atoms with Crippen LogP contribution in [0.5, 0.6) is 0 Å². The molecule has 0 atom stereocenters. The van der Waals surface area contributed by atoms with E-state index in [2.05, 4.69) is 75.7 Å². The summed E-state index contributed by atoms with van der Waals surface area (Å²) in [5.41, 5.74) is 6.42. The van der Waals surface area contributed by atoms with E-state index in [0.29, 0.717) is 17.4 Å². The molecule has 3 aromatic rings. The largest absolute Gasteiger partial charge is 0.382 e. The van der Waals surface area contributed by atoms with Gasteiger partial charge in [0.25, 0.3) is 5.91 Å². The third kappa shape index (κ3) is 3.94. The van der Waals surface area contributed by atoms with Crippen molar-refractivity contribution in [3.8, 4) is 0 Å². The molecule has 32 heavy (non-hydrogen) atoms. The number of rotatable bonds is 5. The highest BCUT2D eigenvalue weighted by molar-refractivity contribution is 6.38. The second-order valence-corrected chi connectivity index (χ2v) is 8.62. The average Bonchev–Trinajstić information content (AvgIpc) is 3.44. The first-order valence-electron chi connectivity index (χ1n) is 11.4. The number of piperidine rings is 1. The van der Waals surface area contributed by atoms with Crippen LogP contribution in [0, 0.1) is 6.92 Å². The molecule has 2 aromatic carbocycles. The number of aromatic amines is 1.